The maximum absolute atomic E-state index is 3.50. The first-order valence-corrected chi connectivity index (χ1v) is 746. The first-order valence-electron chi connectivity index (χ1n) is 16.6. The Morgan fingerprint density at radius 1 is 0.0769 bits per heavy atom. The second-order valence-electron chi connectivity index (χ2n) is 9.29. The fourth-order valence-corrected chi connectivity index (χ4v) is 23300. The van der Waals surface area contributed by atoms with Crippen LogP contribution in [0.3, 0.4) is 0 Å². The van der Waals surface area contributed by atoms with Gasteiger partial charge in [0, 0.05) is 0 Å². The molecule has 0 saturated carbocycles. The second kappa shape index (κ2) is 122. The predicted octanol–water partition coefficient (Wildman–Crippen LogP) is 99.7. The van der Waals surface area contributed by atoms with Crippen LogP contribution in [0.1, 0.15) is 0 Å². The van der Waals surface area contributed by atoms with E-state index in [0.717, 1.165) is 0 Å². The summed E-state index contributed by atoms with van der Waals surface area (Å²) in [5, 5.41) is 0. The van der Waals surface area contributed by atoms with Crippen LogP contribution in [-0.4, -0.2) is 0 Å². The van der Waals surface area contributed by atoms with Gasteiger partial charge in [0.25, 0.3) is 0 Å². The monoisotopic (exact) mass is 14800 g/mol. The van der Waals surface area contributed by atoms with Crippen molar-refractivity contribution in [2.75, 3.05) is 0 Å². The zero-order chi connectivity index (χ0) is 92.6. The summed E-state index contributed by atoms with van der Waals surface area (Å²) in [5.74, 6) is 0. The van der Waals surface area contributed by atoms with Crippen molar-refractivity contribution in [1.29, 1.82) is 0 Å². The normalized spacial score (nSPS) is 19.2. The van der Waals surface area contributed by atoms with Crippen LogP contribution >= 0.6 is 1550 Å². The minimum atomic E-state index is -0.674. The summed E-state index contributed by atoms with van der Waals surface area (Å²) in [6, 6.07) is 0. The molecule has 0 aromatic heterocycles. The molecule has 0 unspecified atom stereocenters. The van der Waals surface area contributed by atoms with Gasteiger partial charge in [-0.25, -0.2) is 0 Å². The van der Waals surface area contributed by atoms with Gasteiger partial charge in [0.1, 0.15) is 0 Å². The van der Waals surface area contributed by atoms with Gasteiger partial charge in [0.15, 0.2) is 0 Å². The SMILES string of the molecule is I[I-]I(I)I(I)I(I)I(I)I(I)I(I)I(I)I(I)I(I)I(I)I(I)I(I)I(I)I(I)I(I)I(I)I(I)I(I)I(I)I(I)I(I)I(I)I(I)I(I)I(I)I(I)I(I)I(I)I(I)I(I)I(I)I(I)I(I)I(I)I(I)I(I)I(I)I(I)I(I)I(I)I(I)I(I)I(I)I(I)I(I)I(I)I(I)I(I)I(I)I(I)I(I)I(I)I(I)I(I)I(I)I(I)I(I)I. The number of hydrogen-bond acceptors (Lipinski definition) is 0. The van der Waals surface area contributed by atoms with Crippen molar-refractivity contribution in [2.45, 2.75) is 0 Å². The van der Waals surface area contributed by atoms with Crippen molar-refractivity contribution in [2.24, 2.45) is 0 Å². The van der Waals surface area contributed by atoms with Gasteiger partial charge in [-0.05, 0) is 0 Å². The van der Waals surface area contributed by atoms with Crippen LogP contribution in [0.25, 0.3) is 0 Å². The third-order valence-corrected chi connectivity index (χ3v) is 9340. The molecule has 820 valence electrons. The number of hydrogen-bond donors (Lipinski definition) is 0. The molecule has 0 aromatic rings. The number of halogens is 117. The zero-order valence-corrected chi connectivity index (χ0v) is 297. The summed E-state index contributed by atoms with van der Waals surface area (Å²) in [5.41, 5.74) is 0. The summed E-state index contributed by atoms with van der Waals surface area (Å²) in [7, 11) is -35.6. The van der Waals surface area contributed by atoms with Crippen molar-refractivity contribution in [3.63, 3.8) is 0 Å². The Balaban J connectivity index is 5.95. The molecule has 0 atom stereocenters. The fraction of sp³-hybridized carbons (Fsp3) is 0. The number of rotatable bonds is 57. The molecule has 0 amide bonds. The molecule has 0 radical (unpaired) electrons. The Morgan fingerprint density at radius 2 is 0.128 bits per heavy atom. The Kier molecular flexibility index (Phi) is 211. The van der Waals surface area contributed by atoms with E-state index in [-0.39, 0.29) is 0 Å². The summed E-state index contributed by atoms with van der Waals surface area (Å²) in [6.45, 7) is 0. The van der Waals surface area contributed by atoms with Gasteiger partial charge >= 0.3 is 1560 Å². The molecule has 0 fully saturated rings. The molecule has 0 aromatic carbocycles. The molecule has 0 bridgehead atoms. The maximum atomic E-state index is 3.50. The first kappa shape index (κ1) is 202. The molecule has 0 aliphatic rings. The van der Waals surface area contributed by atoms with Crippen molar-refractivity contribution in [3.05, 3.63) is 0 Å². The molecule has 0 spiro atoms. The van der Waals surface area contributed by atoms with E-state index < -0.39 is 450 Å². The van der Waals surface area contributed by atoms with Crippen LogP contribution in [-0.2, 0) is 0 Å². The predicted molar refractivity (Wildman–Crippen MR) is 1630 cm³/mol. The second-order valence-corrected chi connectivity index (χ2v) is 2800. The summed E-state index contributed by atoms with van der Waals surface area (Å²) in [4.78, 5) is 0. The standard InChI is InChI=1S/I117/c1-60-62(4)64(6)66(8)68(10)70(12)72(14)74(16)76(18)78(20)80(22)82(24)84(26)86(28)88(30)90(32)92(34)94(36)96(38)98(40)100(42)102(44)104(46)106(48)108(50)110(52)112(54)114(56)116(58)117(59)115(57)113(55)111(53)109(51)107(49)105(47)103(45)101(43)99(41)97(39)95(37)93(35)91(33)89(31)87(29)85(27)83(25)81(23)79(21)77(19)75(17)73(15)71(13)69(11)67(9)65(7)63(5)61(2)3/q-1. The van der Waals surface area contributed by atoms with Gasteiger partial charge in [-0.1, -0.05) is 0 Å². The Labute approximate surface area is 1470 Å². The van der Waals surface area contributed by atoms with Crippen LogP contribution in [0.4, 0.5) is 0 Å². The minimum absolute atomic E-state index is 0.426. The molecule has 0 aliphatic heterocycles. The van der Waals surface area contributed by atoms with Crippen molar-refractivity contribution < 1.29 is 13.3 Å². The molecule has 0 rings (SSSR count). The summed E-state index contributed by atoms with van der Waals surface area (Å²) >= 11 is 202. The van der Waals surface area contributed by atoms with Crippen LogP contribution in [0.5, 0.6) is 0 Å². The molecule has 0 N–H and O–H groups in total. The van der Waals surface area contributed by atoms with Gasteiger partial charge < -0.3 is 0 Å². The van der Waals surface area contributed by atoms with E-state index in [4.69, 9.17) is 0 Å². The first-order chi connectivity index (χ1) is 53.3. The van der Waals surface area contributed by atoms with Gasteiger partial charge in [0.05, 0.1) is 0 Å². The topological polar surface area (TPSA) is 0 Å². The Morgan fingerprint density at radius 3 is 0.179 bits per heavy atom. The van der Waals surface area contributed by atoms with Gasteiger partial charge in [0.2, 0.25) is 0 Å². The van der Waals surface area contributed by atoms with Gasteiger partial charge in [-0.15, -0.1) is 0 Å². The van der Waals surface area contributed by atoms with Crippen LogP contribution in [0, 0.1) is 0 Å². The van der Waals surface area contributed by atoms with Crippen molar-refractivity contribution in [3.8, 4) is 0 Å². The fourth-order valence-electron chi connectivity index (χ4n) is 1.71. The molecular weight excluding hydrogens is 14800 g/mol. The third kappa shape index (κ3) is 82.6. The molecular formula is I117-. The van der Waals surface area contributed by atoms with E-state index in [0.29, 0.717) is 13.3 Å². The van der Waals surface area contributed by atoms with Gasteiger partial charge in [-0.3, -0.25) is 0 Å². The Bertz CT molecular complexity index is 2470. The van der Waals surface area contributed by atoms with E-state index in [1.54, 1.807) is 0 Å². The molecule has 117 heavy (non-hydrogen) atoms. The molecule has 0 nitrogen and oxygen atoms in total. The van der Waals surface area contributed by atoms with Crippen molar-refractivity contribution in [1.82, 2.24) is 0 Å². The van der Waals surface area contributed by atoms with Crippen molar-refractivity contribution >= 4 is 1550 Å². The molecule has 0 heterocycles. The third-order valence-electron chi connectivity index (χ3n) is 4.61. The Hall–Kier alpha value is 85.4. The summed E-state index contributed by atoms with van der Waals surface area (Å²) in [6.07, 6.45) is 0. The summed E-state index contributed by atoms with van der Waals surface area (Å²) < 4.78 is 0. The van der Waals surface area contributed by atoms with E-state index in [1.165, 1.54) is 0 Å². The molecule has 117 heteroatoms. The average molecular weight is 14800 g/mol. The van der Waals surface area contributed by atoms with E-state index in [2.05, 4.69) is 1100 Å². The molecule has 0 aliphatic carbocycles. The molecule has 0 saturated heterocycles. The van der Waals surface area contributed by atoms with E-state index >= 15 is 0 Å². The van der Waals surface area contributed by atoms with E-state index in [9.17, 15) is 0 Å². The van der Waals surface area contributed by atoms with Crippen LogP contribution in [0.2, 0.25) is 0 Å². The zero-order valence-electron chi connectivity index (χ0n) is 44.2. The van der Waals surface area contributed by atoms with E-state index in [1.807, 2.05) is 0 Å². The average Bonchev–Trinajstić information content (AvgIpc) is 0.815. The quantitative estimate of drug-likeness (QED) is 0.0533. The van der Waals surface area contributed by atoms with Gasteiger partial charge in [-0.2, -0.15) is 0 Å². The van der Waals surface area contributed by atoms with Crippen LogP contribution < -0.4 is 13.3 Å². The van der Waals surface area contributed by atoms with Crippen LogP contribution in [0.15, 0.2) is 0 Å².